The van der Waals surface area contributed by atoms with Crippen LogP contribution in [0.2, 0.25) is 0 Å². The average Bonchev–Trinajstić information content (AvgIpc) is 3.30. The first-order chi connectivity index (χ1) is 24.1. The second-order valence-electron chi connectivity index (χ2n) is 14.5. The van der Waals surface area contributed by atoms with Crippen LogP contribution in [0, 0.1) is 0 Å². The minimum Gasteiger partial charge on any atom is -0.497 e. The summed E-state index contributed by atoms with van der Waals surface area (Å²) in [6.07, 6.45) is 1.97. The Balaban J connectivity index is 1.31. The number of carbonyl (C=O) groups excluding carboxylic acids is 3. The molecule has 2 aliphatic rings. The molecule has 1 aliphatic heterocycles. The van der Waals surface area contributed by atoms with Crippen LogP contribution in [0.3, 0.4) is 0 Å². The van der Waals surface area contributed by atoms with Crippen LogP contribution < -0.4 is 19.7 Å². The molecule has 0 bridgehead atoms. The molecule has 4 heterocycles. The lowest BCUT2D eigenvalue weighted by Crippen LogP contribution is -2.41. The number of hydrogen-bond acceptors (Lipinski definition) is 12. The Morgan fingerprint density at radius 2 is 1.67 bits per heavy atom. The fraction of sp³-hybridized carbons (Fsp3) is 0.351. The van der Waals surface area contributed by atoms with Gasteiger partial charge in [-0.05, 0) is 102 Å². The molecule has 2 amide bonds. The van der Waals surface area contributed by atoms with Crippen LogP contribution in [-0.2, 0) is 19.7 Å². The van der Waals surface area contributed by atoms with Gasteiger partial charge in [-0.2, -0.15) is 4.68 Å². The predicted molar refractivity (Wildman–Crippen MR) is 187 cm³/mol. The van der Waals surface area contributed by atoms with Crippen LogP contribution in [0.5, 0.6) is 11.5 Å². The molecule has 1 fully saturated rings. The summed E-state index contributed by atoms with van der Waals surface area (Å²) in [5.74, 6) is 1.22. The Bertz CT molecular complexity index is 2200. The highest BCUT2D eigenvalue weighted by Crippen LogP contribution is 2.67. The number of nitrogens with one attached hydrogen (secondary N) is 1. The van der Waals surface area contributed by atoms with Gasteiger partial charge in [-0.1, -0.05) is 6.07 Å². The molecule has 264 valence electrons. The molecule has 5 aromatic rings. The summed E-state index contributed by atoms with van der Waals surface area (Å²) >= 11 is 0. The number of anilines is 3. The number of amides is 2. The van der Waals surface area contributed by atoms with E-state index in [2.05, 4.69) is 20.4 Å². The molecule has 51 heavy (non-hydrogen) atoms. The maximum Gasteiger partial charge on any atom is 0.435 e. The van der Waals surface area contributed by atoms with E-state index in [4.69, 9.17) is 23.4 Å². The number of benzene rings is 2. The van der Waals surface area contributed by atoms with Gasteiger partial charge in [0.15, 0.2) is 17.4 Å². The Kier molecular flexibility index (Phi) is 7.80. The van der Waals surface area contributed by atoms with Crippen molar-refractivity contribution in [1.29, 1.82) is 0 Å². The molecule has 0 saturated heterocycles. The van der Waals surface area contributed by atoms with Crippen molar-refractivity contribution in [3.63, 3.8) is 0 Å². The first-order valence-electron chi connectivity index (χ1n) is 16.4. The number of hydrogen-bond donors (Lipinski definition) is 1. The first kappa shape index (κ1) is 33.6. The topological polar surface area (TPSA) is 160 Å². The molecule has 2 atom stereocenters. The maximum absolute atomic E-state index is 14.3. The van der Waals surface area contributed by atoms with Crippen molar-refractivity contribution >= 4 is 46.3 Å². The number of carbonyl (C=O) groups is 3. The van der Waals surface area contributed by atoms with Crippen molar-refractivity contribution in [3.05, 3.63) is 72.1 Å². The van der Waals surface area contributed by atoms with E-state index in [9.17, 15) is 14.4 Å². The Labute approximate surface area is 293 Å². The summed E-state index contributed by atoms with van der Waals surface area (Å²) in [7, 11) is 3.07. The molecule has 0 unspecified atom stereocenters. The zero-order chi connectivity index (χ0) is 36.5. The third-order valence-electron chi connectivity index (χ3n) is 8.69. The van der Waals surface area contributed by atoms with Crippen molar-refractivity contribution < 1.29 is 37.7 Å². The predicted octanol–water partition coefficient (Wildman–Crippen LogP) is 7.34. The van der Waals surface area contributed by atoms with Crippen molar-refractivity contribution in [2.45, 2.75) is 70.5 Å². The fourth-order valence-electron chi connectivity index (χ4n) is 6.47. The highest BCUT2D eigenvalue weighted by Gasteiger charge is 2.68. The van der Waals surface area contributed by atoms with Gasteiger partial charge >= 0.3 is 12.2 Å². The third kappa shape index (κ3) is 5.89. The fourth-order valence-corrected chi connectivity index (χ4v) is 6.47. The standard InChI is InChI=1S/C37H38N6O8/c1-35(2,3)50-33(45)42-26-13-10-21(47-7)18-23(26)37(32(42)44)19-24(37)20-9-11-22-27(17-20)43(34(46)51-36(4,5)6)41-29(22)40-30-28(48-8)14-12-25(39-30)31-38-15-16-49-31/h9-18,24H,19H2,1-8H3,(H,39,40,41)/t24-,37-/m0/s1. The van der Waals surface area contributed by atoms with E-state index < -0.39 is 28.8 Å². The lowest BCUT2D eigenvalue weighted by Gasteiger charge is -2.24. The number of pyridine rings is 1. The zero-order valence-electron chi connectivity index (χ0n) is 29.6. The minimum atomic E-state index is -1.04. The maximum atomic E-state index is 14.3. The van der Waals surface area contributed by atoms with Crippen molar-refractivity contribution in [2.24, 2.45) is 0 Å². The number of ether oxygens (including phenoxy) is 4. The van der Waals surface area contributed by atoms with Gasteiger partial charge in [-0.3, -0.25) is 4.79 Å². The minimum absolute atomic E-state index is 0.311. The molecule has 0 radical (unpaired) electrons. The van der Waals surface area contributed by atoms with E-state index in [1.54, 1.807) is 79.0 Å². The SMILES string of the molecule is COc1ccc2c(c1)[C@]1(C[C@H]1c1ccc3c(Nc4nc(-c5ncco5)ccc4OC)nn(C(=O)OC(C)(C)C)c3c1)C(=O)N2C(=O)OC(C)(C)C. The quantitative estimate of drug-likeness (QED) is 0.189. The third-order valence-corrected chi connectivity index (χ3v) is 8.69. The van der Waals surface area contributed by atoms with Gasteiger partial charge < -0.3 is 28.7 Å². The molecule has 1 aliphatic carbocycles. The highest BCUT2D eigenvalue weighted by atomic mass is 16.6. The summed E-state index contributed by atoms with van der Waals surface area (Å²) in [5.41, 5.74) is 0.148. The van der Waals surface area contributed by atoms with Crippen LogP contribution in [0.15, 0.2) is 65.4 Å². The second-order valence-corrected chi connectivity index (χ2v) is 14.5. The number of fused-ring (bicyclic) bond motifs is 3. The molecule has 14 heteroatoms. The summed E-state index contributed by atoms with van der Waals surface area (Å²) in [4.78, 5) is 51.2. The lowest BCUT2D eigenvalue weighted by atomic mass is 9.91. The average molecular weight is 695 g/mol. The van der Waals surface area contributed by atoms with Gasteiger partial charge in [0.05, 0.1) is 37.0 Å². The van der Waals surface area contributed by atoms with Gasteiger partial charge in [0.2, 0.25) is 11.8 Å². The number of rotatable bonds is 6. The first-order valence-corrected chi connectivity index (χ1v) is 16.4. The van der Waals surface area contributed by atoms with Crippen LogP contribution in [0.4, 0.5) is 26.9 Å². The smallest absolute Gasteiger partial charge is 0.435 e. The monoisotopic (exact) mass is 694 g/mol. The molecule has 14 nitrogen and oxygen atoms in total. The zero-order valence-corrected chi connectivity index (χ0v) is 29.6. The van der Waals surface area contributed by atoms with Gasteiger partial charge in [-0.15, -0.1) is 5.10 Å². The van der Waals surface area contributed by atoms with Crippen LogP contribution in [0.1, 0.15) is 65.0 Å². The van der Waals surface area contributed by atoms with E-state index in [1.807, 2.05) is 18.2 Å². The largest absolute Gasteiger partial charge is 0.497 e. The normalized spacial score (nSPS) is 18.2. The van der Waals surface area contributed by atoms with Gasteiger partial charge in [0.1, 0.15) is 28.9 Å². The Morgan fingerprint density at radius 1 is 0.922 bits per heavy atom. The molecular formula is C37H38N6O8. The van der Waals surface area contributed by atoms with Gasteiger partial charge in [-0.25, -0.2) is 24.5 Å². The Hall–Kier alpha value is -5.92. The molecule has 1 spiro atoms. The van der Waals surface area contributed by atoms with Gasteiger partial charge in [0.25, 0.3) is 0 Å². The second kappa shape index (κ2) is 11.9. The van der Waals surface area contributed by atoms with E-state index in [0.717, 1.165) is 10.5 Å². The number of oxazole rings is 1. The summed E-state index contributed by atoms with van der Waals surface area (Å²) in [6, 6.07) is 14.2. The van der Waals surface area contributed by atoms with Crippen LogP contribution >= 0.6 is 0 Å². The van der Waals surface area contributed by atoms with Crippen molar-refractivity contribution in [3.8, 4) is 23.1 Å². The molecule has 2 aromatic carbocycles. The molecule has 1 saturated carbocycles. The Morgan fingerprint density at radius 3 is 2.33 bits per heavy atom. The van der Waals surface area contributed by atoms with E-state index in [-0.39, 0.29) is 11.8 Å². The number of nitrogens with zero attached hydrogens (tertiary/aromatic N) is 5. The van der Waals surface area contributed by atoms with E-state index in [0.29, 0.717) is 63.3 Å². The summed E-state index contributed by atoms with van der Waals surface area (Å²) in [6.45, 7) is 10.6. The number of aromatic nitrogens is 4. The number of methoxy groups -OCH3 is 2. The van der Waals surface area contributed by atoms with E-state index >= 15 is 0 Å². The van der Waals surface area contributed by atoms with Crippen LogP contribution in [-0.4, -0.2) is 63.3 Å². The van der Waals surface area contributed by atoms with E-state index in [1.165, 1.54) is 24.3 Å². The molecule has 1 N–H and O–H groups in total. The number of imide groups is 1. The van der Waals surface area contributed by atoms with Crippen molar-refractivity contribution in [1.82, 2.24) is 19.7 Å². The van der Waals surface area contributed by atoms with Crippen LogP contribution in [0.25, 0.3) is 22.5 Å². The molecule has 7 rings (SSSR count). The highest BCUT2D eigenvalue weighted by molar-refractivity contribution is 6.23. The molecule has 3 aromatic heterocycles. The lowest BCUT2D eigenvalue weighted by molar-refractivity contribution is -0.120. The summed E-state index contributed by atoms with van der Waals surface area (Å²) < 4.78 is 29.1. The van der Waals surface area contributed by atoms with Crippen molar-refractivity contribution in [2.75, 3.05) is 24.4 Å². The summed E-state index contributed by atoms with van der Waals surface area (Å²) in [5, 5.41) is 8.43. The van der Waals surface area contributed by atoms with Gasteiger partial charge in [0, 0.05) is 11.3 Å². The molecular weight excluding hydrogens is 656 g/mol.